The Bertz CT molecular complexity index is 44.1. The summed E-state index contributed by atoms with van der Waals surface area (Å²) in [6.45, 7) is 1.36. The molecule has 0 fully saturated rings. The summed E-state index contributed by atoms with van der Waals surface area (Å²) >= 11 is 0. The Hall–Kier alpha value is 0.730. The van der Waals surface area contributed by atoms with Gasteiger partial charge in [-0.25, -0.2) is 0 Å². The van der Waals surface area contributed by atoms with E-state index in [0.717, 1.165) is 0 Å². The van der Waals surface area contributed by atoms with E-state index in [1.807, 2.05) is 0 Å². The fraction of sp³-hybridized carbons (Fsp3) is 0.667. The van der Waals surface area contributed by atoms with Gasteiger partial charge in [0.25, 0.3) is 0 Å². The van der Waals surface area contributed by atoms with Crippen LogP contribution in [0.5, 0.6) is 0 Å². The fourth-order valence-electron chi connectivity index (χ4n) is 0. The Morgan fingerprint density at radius 3 is 1.83 bits per heavy atom. The van der Waals surface area contributed by atoms with Gasteiger partial charge in [0.05, 0.1) is 7.11 Å². The molecule has 0 aromatic carbocycles. The molecule has 0 bridgehead atoms. The second kappa shape index (κ2) is 5.73. The van der Waals surface area contributed by atoms with Gasteiger partial charge >= 0.3 is 43.7 Å². The van der Waals surface area contributed by atoms with E-state index in [2.05, 4.69) is 4.74 Å². The first-order valence-corrected chi connectivity index (χ1v) is 1.32. The first-order valence-electron chi connectivity index (χ1n) is 1.32. The first-order chi connectivity index (χ1) is 2.27. The van der Waals surface area contributed by atoms with Crippen LogP contribution in [0.15, 0.2) is 0 Å². The summed E-state index contributed by atoms with van der Waals surface area (Å²) < 4.78 is 4.11. The predicted octanol–water partition coefficient (Wildman–Crippen LogP) is -0.737. The minimum atomic E-state index is -0.245. The van der Waals surface area contributed by atoms with Gasteiger partial charge in [0, 0.05) is 6.92 Å². The zero-order valence-corrected chi connectivity index (χ0v) is 3.32. The maximum atomic E-state index is 9.59. The Labute approximate surface area is 66.9 Å². The van der Waals surface area contributed by atoms with Crippen LogP contribution in [0, 0.1) is 0 Å². The number of esters is 1. The van der Waals surface area contributed by atoms with E-state index in [1.165, 1.54) is 14.0 Å². The molecular weight excluding hydrogens is 108 g/mol. The van der Waals surface area contributed by atoms with Gasteiger partial charge in [0.2, 0.25) is 0 Å². The van der Waals surface area contributed by atoms with Crippen molar-refractivity contribution in [3.8, 4) is 0 Å². The van der Waals surface area contributed by atoms with Gasteiger partial charge in [0.1, 0.15) is 0 Å². The van der Waals surface area contributed by atoms with Gasteiger partial charge < -0.3 is 4.74 Å². The van der Waals surface area contributed by atoms with Gasteiger partial charge in [-0.3, -0.25) is 4.79 Å². The van der Waals surface area contributed by atoms with Crippen molar-refractivity contribution in [3.63, 3.8) is 0 Å². The van der Waals surface area contributed by atoms with E-state index >= 15 is 0 Å². The van der Waals surface area contributed by atoms with Gasteiger partial charge in [-0.15, -0.1) is 0 Å². The molecule has 0 rings (SSSR count). The zero-order chi connectivity index (χ0) is 4.28. The van der Waals surface area contributed by atoms with Crippen LogP contribution in [0.4, 0.5) is 0 Å². The Morgan fingerprint density at radius 1 is 1.67 bits per heavy atom. The SMILES string of the molecule is COC(C)=O.[CaH2]. The molecule has 0 radical (unpaired) electrons. The summed E-state index contributed by atoms with van der Waals surface area (Å²) in [5.41, 5.74) is 0. The predicted molar refractivity (Wildman–Crippen MR) is 26.2 cm³/mol. The maximum absolute atomic E-state index is 9.59. The second-order valence-corrected chi connectivity index (χ2v) is 0.696. The van der Waals surface area contributed by atoms with Crippen molar-refractivity contribution in [2.24, 2.45) is 0 Å². The summed E-state index contributed by atoms with van der Waals surface area (Å²) in [7, 11) is 1.35. The van der Waals surface area contributed by atoms with Gasteiger partial charge in [0.15, 0.2) is 0 Å². The average molecular weight is 116 g/mol. The Morgan fingerprint density at radius 2 is 1.83 bits per heavy atom. The van der Waals surface area contributed by atoms with Gasteiger partial charge in [-0.1, -0.05) is 0 Å². The summed E-state index contributed by atoms with van der Waals surface area (Å²) in [5, 5.41) is 0. The molecule has 0 spiro atoms. The summed E-state index contributed by atoms with van der Waals surface area (Å²) in [6.07, 6.45) is 0. The van der Waals surface area contributed by atoms with Crippen molar-refractivity contribution in [1.29, 1.82) is 0 Å². The van der Waals surface area contributed by atoms with Crippen LogP contribution in [-0.2, 0) is 9.53 Å². The van der Waals surface area contributed by atoms with E-state index in [9.17, 15) is 4.79 Å². The molecule has 0 aromatic rings. The van der Waals surface area contributed by atoms with E-state index in [1.54, 1.807) is 0 Å². The molecule has 0 aliphatic carbocycles. The zero-order valence-electron chi connectivity index (χ0n) is 3.32. The average Bonchev–Trinajstić information content (AvgIpc) is 1.38. The van der Waals surface area contributed by atoms with Crippen molar-refractivity contribution in [2.75, 3.05) is 7.11 Å². The van der Waals surface area contributed by atoms with Crippen molar-refractivity contribution in [1.82, 2.24) is 0 Å². The number of carbonyl (C=O) groups is 1. The molecule has 3 heteroatoms. The van der Waals surface area contributed by atoms with Crippen LogP contribution in [0.25, 0.3) is 0 Å². The number of methoxy groups -OCH3 is 1. The molecule has 0 heterocycles. The molecule has 0 aliphatic rings. The van der Waals surface area contributed by atoms with E-state index in [4.69, 9.17) is 0 Å². The van der Waals surface area contributed by atoms with Crippen LogP contribution in [0.2, 0.25) is 0 Å². The topological polar surface area (TPSA) is 26.3 Å². The summed E-state index contributed by atoms with van der Waals surface area (Å²) in [5.74, 6) is -0.245. The summed E-state index contributed by atoms with van der Waals surface area (Å²) in [6, 6.07) is 0. The van der Waals surface area contributed by atoms with Crippen molar-refractivity contribution in [3.05, 3.63) is 0 Å². The van der Waals surface area contributed by atoms with Crippen molar-refractivity contribution >= 4 is 43.7 Å². The third-order valence-corrected chi connectivity index (χ3v) is 0.287. The molecule has 34 valence electrons. The molecule has 0 N–H and O–H groups in total. The third kappa shape index (κ3) is 8.83. The fourth-order valence-corrected chi connectivity index (χ4v) is 0. The van der Waals surface area contributed by atoms with E-state index in [-0.39, 0.29) is 43.7 Å². The molecular formula is C3H8CaO2. The molecule has 2 nitrogen and oxygen atoms in total. The van der Waals surface area contributed by atoms with Gasteiger partial charge in [-0.05, 0) is 0 Å². The first kappa shape index (κ1) is 9.88. The van der Waals surface area contributed by atoms with Crippen LogP contribution in [0.3, 0.4) is 0 Å². The van der Waals surface area contributed by atoms with Gasteiger partial charge in [-0.2, -0.15) is 0 Å². The molecule has 0 amide bonds. The monoisotopic (exact) mass is 116 g/mol. The minimum absolute atomic E-state index is 0. The number of carbonyl (C=O) groups excluding carboxylic acids is 1. The Balaban J connectivity index is 0. The summed E-state index contributed by atoms with van der Waals surface area (Å²) in [4.78, 5) is 9.59. The molecule has 0 unspecified atom stereocenters. The molecule has 0 saturated carbocycles. The molecule has 0 aromatic heterocycles. The third-order valence-electron chi connectivity index (χ3n) is 0.287. The number of hydrogen-bond donors (Lipinski definition) is 0. The quantitative estimate of drug-likeness (QED) is 0.308. The molecule has 0 saturated heterocycles. The van der Waals surface area contributed by atoms with Crippen molar-refractivity contribution in [2.45, 2.75) is 6.92 Å². The number of ether oxygens (including phenoxy) is 1. The van der Waals surface area contributed by atoms with E-state index < -0.39 is 0 Å². The Kier molecular flexibility index (Phi) is 9.43. The molecule has 0 atom stereocenters. The van der Waals surface area contributed by atoms with Crippen molar-refractivity contribution < 1.29 is 9.53 Å². The van der Waals surface area contributed by atoms with E-state index in [0.29, 0.717) is 0 Å². The normalized spacial score (nSPS) is 5.67. The number of rotatable bonds is 0. The second-order valence-electron chi connectivity index (χ2n) is 0.696. The standard InChI is InChI=1S/C3H6O2.Ca.2H/c1-3(4)5-2;;;/h1-2H3;;;. The van der Waals surface area contributed by atoms with Crippen LogP contribution in [0.1, 0.15) is 6.92 Å². The number of hydrogen-bond acceptors (Lipinski definition) is 2. The molecule has 6 heavy (non-hydrogen) atoms. The van der Waals surface area contributed by atoms with Crippen LogP contribution < -0.4 is 0 Å². The molecule has 0 aliphatic heterocycles. The van der Waals surface area contributed by atoms with Crippen LogP contribution in [-0.4, -0.2) is 50.8 Å². The van der Waals surface area contributed by atoms with Crippen LogP contribution >= 0.6 is 0 Å².